The molecule has 0 radical (unpaired) electrons. The van der Waals surface area contributed by atoms with Gasteiger partial charge in [0, 0.05) is 22.0 Å². The first kappa shape index (κ1) is 16.0. The number of benzene rings is 2. The summed E-state index contributed by atoms with van der Waals surface area (Å²) in [6, 6.07) is 10.9. The van der Waals surface area contributed by atoms with Gasteiger partial charge in [-0.3, -0.25) is 14.9 Å². The first-order valence-electron chi connectivity index (χ1n) is 6.81. The number of carbonyl (C=O) groups excluding carboxylic acids is 1. The van der Waals surface area contributed by atoms with E-state index >= 15 is 0 Å². The van der Waals surface area contributed by atoms with Crippen LogP contribution in [-0.4, -0.2) is 17.9 Å². The number of non-ortho nitro benzene ring substituents is 1. The molecule has 3 aromatic rings. The van der Waals surface area contributed by atoms with Crippen molar-refractivity contribution >= 4 is 44.2 Å². The van der Waals surface area contributed by atoms with Crippen molar-refractivity contribution in [1.82, 2.24) is 0 Å². The molecule has 0 saturated heterocycles. The summed E-state index contributed by atoms with van der Waals surface area (Å²) in [5.41, 5.74) is 0.604. The van der Waals surface area contributed by atoms with Crippen molar-refractivity contribution in [2.75, 3.05) is 12.4 Å². The summed E-state index contributed by atoms with van der Waals surface area (Å²) in [7, 11) is 1.41. The molecule has 24 heavy (non-hydrogen) atoms. The van der Waals surface area contributed by atoms with Gasteiger partial charge in [0.2, 0.25) is 0 Å². The first-order chi connectivity index (χ1) is 11.5. The van der Waals surface area contributed by atoms with Crippen LogP contribution in [0.25, 0.3) is 11.0 Å². The Kier molecular flexibility index (Phi) is 4.22. The van der Waals surface area contributed by atoms with E-state index in [4.69, 9.17) is 9.15 Å². The fraction of sp³-hybridized carbons (Fsp3) is 0.0625. The van der Waals surface area contributed by atoms with Crippen molar-refractivity contribution < 1.29 is 18.9 Å². The van der Waals surface area contributed by atoms with Crippen LogP contribution in [0, 0.1) is 10.1 Å². The number of carbonyl (C=O) groups is 1. The van der Waals surface area contributed by atoms with E-state index in [2.05, 4.69) is 21.2 Å². The molecule has 1 heterocycles. The molecule has 0 aliphatic carbocycles. The summed E-state index contributed by atoms with van der Waals surface area (Å²) in [6.45, 7) is 0. The molecule has 0 bridgehead atoms. The van der Waals surface area contributed by atoms with Gasteiger partial charge in [0.05, 0.1) is 17.7 Å². The summed E-state index contributed by atoms with van der Waals surface area (Å²) in [5, 5.41) is 14.2. The second-order valence-electron chi connectivity index (χ2n) is 4.89. The van der Waals surface area contributed by atoms with E-state index < -0.39 is 10.8 Å². The average molecular weight is 391 g/mol. The van der Waals surface area contributed by atoms with E-state index in [1.165, 1.54) is 25.3 Å². The molecule has 1 amide bonds. The van der Waals surface area contributed by atoms with Crippen molar-refractivity contribution in [1.29, 1.82) is 0 Å². The summed E-state index contributed by atoms with van der Waals surface area (Å²) >= 11 is 3.35. The van der Waals surface area contributed by atoms with Crippen LogP contribution in [-0.2, 0) is 0 Å². The maximum absolute atomic E-state index is 12.4. The van der Waals surface area contributed by atoms with Gasteiger partial charge in [-0.05, 0) is 30.3 Å². The summed E-state index contributed by atoms with van der Waals surface area (Å²) in [6.07, 6.45) is 0. The average Bonchev–Trinajstić information content (AvgIpc) is 2.97. The Bertz CT molecular complexity index is 951. The second kappa shape index (κ2) is 6.32. The zero-order chi connectivity index (χ0) is 17.3. The van der Waals surface area contributed by atoms with Crippen LogP contribution in [0.4, 0.5) is 11.4 Å². The highest BCUT2D eigenvalue weighted by Crippen LogP contribution is 2.30. The van der Waals surface area contributed by atoms with E-state index in [0.29, 0.717) is 11.3 Å². The number of halogens is 1. The van der Waals surface area contributed by atoms with Gasteiger partial charge in [-0.15, -0.1) is 0 Å². The number of methoxy groups -OCH3 is 1. The number of hydrogen-bond donors (Lipinski definition) is 1. The highest BCUT2D eigenvalue weighted by Gasteiger charge is 2.17. The Morgan fingerprint density at radius 3 is 2.75 bits per heavy atom. The normalized spacial score (nSPS) is 10.6. The summed E-state index contributed by atoms with van der Waals surface area (Å²) < 4.78 is 11.5. The Morgan fingerprint density at radius 2 is 2.04 bits per heavy atom. The molecule has 1 aromatic heterocycles. The minimum absolute atomic E-state index is 0.0941. The lowest BCUT2D eigenvalue weighted by Crippen LogP contribution is -2.12. The Labute approximate surface area is 144 Å². The lowest BCUT2D eigenvalue weighted by molar-refractivity contribution is -0.384. The number of ether oxygens (including phenoxy) is 1. The molecule has 2 aromatic carbocycles. The molecule has 0 atom stereocenters. The third-order valence-corrected chi connectivity index (χ3v) is 3.84. The van der Waals surface area contributed by atoms with Gasteiger partial charge >= 0.3 is 0 Å². The predicted molar refractivity (Wildman–Crippen MR) is 91.5 cm³/mol. The number of anilines is 1. The van der Waals surface area contributed by atoms with Gasteiger partial charge in [-0.25, -0.2) is 0 Å². The number of fused-ring (bicyclic) bond motifs is 1. The van der Waals surface area contributed by atoms with Crippen molar-refractivity contribution in [3.8, 4) is 5.75 Å². The number of nitro groups is 1. The maximum Gasteiger partial charge on any atom is 0.291 e. The van der Waals surface area contributed by atoms with Crippen LogP contribution >= 0.6 is 15.9 Å². The molecule has 0 fully saturated rings. The SMILES string of the molecule is COc1ccc([N+](=O)[O-])cc1NC(=O)c1cc2cc(Br)ccc2o1. The smallest absolute Gasteiger partial charge is 0.291 e. The van der Waals surface area contributed by atoms with E-state index in [0.717, 1.165) is 9.86 Å². The van der Waals surface area contributed by atoms with Crippen molar-refractivity contribution in [2.45, 2.75) is 0 Å². The van der Waals surface area contributed by atoms with E-state index in [1.807, 2.05) is 6.07 Å². The summed E-state index contributed by atoms with van der Waals surface area (Å²) in [5.74, 6) is -0.120. The Hall–Kier alpha value is -2.87. The molecule has 122 valence electrons. The number of amides is 1. The van der Waals surface area contributed by atoms with Crippen LogP contribution < -0.4 is 10.1 Å². The molecule has 7 nitrogen and oxygen atoms in total. The maximum atomic E-state index is 12.4. The number of nitrogens with zero attached hydrogens (tertiary/aromatic N) is 1. The largest absolute Gasteiger partial charge is 0.495 e. The third-order valence-electron chi connectivity index (χ3n) is 3.34. The van der Waals surface area contributed by atoms with Crippen LogP contribution in [0.3, 0.4) is 0 Å². The van der Waals surface area contributed by atoms with Gasteiger partial charge in [0.1, 0.15) is 11.3 Å². The zero-order valence-electron chi connectivity index (χ0n) is 12.4. The molecular weight excluding hydrogens is 380 g/mol. The van der Waals surface area contributed by atoms with Gasteiger partial charge < -0.3 is 14.5 Å². The van der Waals surface area contributed by atoms with Gasteiger partial charge in [0.25, 0.3) is 11.6 Å². The molecule has 1 N–H and O–H groups in total. The minimum Gasteiger partial charge on any atom is -0.495 e. The Balaban J connectivity index is 1.93. The fourth-order valence-electron chi connectivity index (χ4n) is 2.22. The highest BCUT2D eigenvalue weighted by molar-refractivity contribution is 9.10. The molecule has 3 rings (SSSR count). The first-order valence-corrected chi connectivity index (χ1v) is 7.60. The van der Waals surface area contributed by atoms with Crippen molar-refractivity contribution in [2.24, 2.45) is 0 Å². The van der Waals surface area contributed by atoms with Crippen LogP contribution in [0.1, 0.15) is 10.6 Å². The van der Waals surface area contributed by atoms with E-state index in [1.54, 1.807) is 18.2 Å². The molecule has 0 saturated carbocycles. The van der Waals surface area contributed by atoms with Crippen LogP contribution in [0.15, 0.2) is 51.4 Å². The molecule has 0 unspecified atom stereocenters. The van der Waals surface area contributed by atoms with E-state index in [-0.39, 0.29) is 17.1 Å². The number of rotatable bonds is 4. The number of nitro benzene ring substituents is 1. The molecular formula is C16H11BrN2O5. The minimum atomic E-state index is -0.548. The lowest BCUT2D eigenvalue weighted by atomic mass is 10.2. The third kappa shape index (κ3) is 3.09. The second-order valence-corrected chi connectivity index (χ2v) is 5.80. The monoisotopic (exact) mass is 390 g/mol. The molecule has 0 aliphatic heterocycles. The van der Waals surface area contributed by atoms with Crippen LogP contribution in [0.2, 0.25) is 0 Å². The number of furan rings is 1. The van der Waals surface area contributed by atoms with Gasteiger partial charge in [-0.1, -0.05) is 15.9 Å². The topological polar surface area (TPSA) is 94.6 Å². The predicted octanol–water partition coefficient (Wildman–Crippen LogP) is 4.36. The quantitative estimate of drug-likeness (QED) is 0.527. The Morgan fingerprint density at radius 1 is 1.25 bits per heavy atom. The van der Waals surface area contributed by atoms with Crippen LogP contribution in [0.5, 0.6) is 5.75 Å². The molecule has 0 spiro atoms. The number of nitrogens with one attached hydrogen (secondary N) is 1. The van der Waals surface area contributed by atoms with Gasteiger partial charge in [0.15, 0.2) is 5.76 Å². The van der Waals surface area contributed by atoms with Crippen molar-refractivity contribution in [3.63, 3.8) is 0 Å². The standard InChI is InChI=1S/C16H11BrN2O5/c1-23-14-5-3-11(19(21)22)8-12(14)18-16(20)15-7-9-6-10(17)2-4-13(9)24-15/h2-8H,1H3,(H,18,20). The van der Waals surface area contributed by atoms with Crippen molar-refractivity contribution in [3.05, 3.63) is 62.8 Å². The van der Waals surface area contributed by atoms with Gasteiger partial charge in [-0.2, -0.15) is 0 Å². The fourth-order valence-corrected chi connectivity index (χ4v) is 2.60. The lowest BCUT2D eigenvalue weighted by Gasteiger charge is -2.08. The zero-order valence-corrected chi connectivity index (χ0v) is 14.0. The number of hydrogen-bond acceptors (Lipinski definition) is 5. The van der Waals surface area contributed by atoms with E-state index in [9.17, 15) is 14.9 Å². The molecule has 8 heteroatoms. The highest BCUT2D eigenvalue weighted by atomic mass is 79.9. The summed E-state index contributed by atoms with van der Waals surface area (Å²) in [4.78, 5) is 22.7. The molecule has 0 aliphatic rings.